The molecule has 0 saturated carbocycles. The van der Waals surface area contributed by atoms with Gasteiger partial charge in [-0.3, -0.25) is 4.79 Å². The lowest BCUT2D eigenvalue weighted by Gasteiger charge is -1.98. The number of phenols is 1. The first kappa shape index (κ1) is 13.0. The average Bonchev–Trinajstić information content (AvgIpc) is 2.41. The van der Waals surface area contributed by atoms with Gasteiger partial charge < -0.3 is 5.11 Å². The molecule has 0 aliphatic carbocycles. The number of phenolic OH excluding ortho intramolecular Hbond substituents is 1. The molecule has 1 amide bonds. The minimum Gasteiger partial charge on any atom is -0.508 e. The van der Waals surface area contributed by atoms with Gasteiger partial charge in [-0.15, -0.1) is 10.2 Å². The van der Waals surface area contributed by atoms with E-state index in [1.807, 2.05) is 30.3 Å². The molecule has 1 N–H and O–H groups in total. The van der Waals surface area contributed by atoms with E-state index in [4.69, 9.17) is 0 Å². The lowest BCUT2D eigenvalue weighted by molar-refractivity contribution is -0.117. The molecule has 0 aliphatic rings. The van der Waals surface area contributed by atoms with Gasteiger partial charge in [0.15, 0.2) is 0 Å². The van der Waals surface area contributed by atoms with Crippen LogP contribution >= 0.6 is 0 Å². The number of aromatic hydroxyl groups is 1. The second-order valence-electron chi connectivity index (χ2n) is 4.23. The molecule has 19 heavy (non-hydrogen) atoms. The molecule has 0 bridgehead atoms. The normalized spacial score (nSPS) is 10.8. The first-order valence-electron chi connectivity index (χ1n) is 5.93. The van der Waals surface area contributed by atoms with Gasteiger partial charge in [-0.25, -0.2) is 0 Å². The summed E-state index contributed by atoms with van der Waals surface area (Å²) >= 11 is 0. The predicted octanol–water partition coefficient (Wildman–Crippen LogP) is 3.55. The van der Waals surface area contributed by atoms with Crippen molar-refractivity contribution in [3.05, 3.63) is 59.7 Å². The van der Waals surface area contributed by atoms with Crippen LogP contribution in [0.15, 0.2) is 58.8 Å². The highest BCUT2D eigenvalue weighted by Crippen LogP contribution is 2.22. The first-order chi connectivity index (χ1) is 9.15. The second kappa shape index (κ2) is 5.91. The van der Waals surface area contributed by atoms with E-state index in [2.05, 4.69) is 10.2 Å². The van der Waals surface area contributed by atoms with Crippen molar-refractivity contribution in [2.45, 2.75) is 13.3 Å². The van der Waals surface area contributed by atoms with Crippen molar-refractivity contribution < 1.29 is 9.90 Å². The quantitative estimate of drug-likeness (QED) is 0.851. The van der Waals surface area contributed by atoms with Crippen LogP contribution in [0.3, 0.4) is 0 Å². The molecule has 0 unspecified atom stereocenters. The van der Waals surface area contributed by atoms with Gasteiger partial charge in [-0.2, -0.15) is 0 Å². The predicted molar refractivity (Wildman–Crippen MR) is 72.5 cm³/mol. The minimum absolute atomic E-state index is 0.203. The smallest absolute Gasteiger partial charge is 0.269 e. The Bertz CT molecular complexity index is 607. The Kier molecular flexibility index (Phi) is 4.03. The fourth-order valence-corrected chi connectivity index (χ4v) is 1.62. The maximum Gasteiger partial charge on any atom is 0.269 e. The first-order valence-corrected chi connectivity index (χ1v) is 5.93. The number of amides is 1. The van der Waals surface area contributed by atoms with E-state index in [-0.39, 0.29) is 18.1 Å². The minimum atomic E-state index is -0.295. The van der Waals surface area contributed by atoms with Crippen LogP contribution < -0.4 is 0 Å². The van der Waals surface area contributed by atoms with Crippen LogP contribution in [0.1, 0.15) is 11.1 Å². The third-order valence-electron chi connectivity index (χ3n) is 2.66. The third-order valence-corrected chi connectivity index (χ3v) is 2.66. The van der Waals surface area contributed by atoms with Gasteiger partial charge in [0, 0.05) is 0 Å². The van der Waals surface area contributed by atoms with E-state index >= 15 is 0 Å². The Balaban J connectivity index is 2.02. The maximum atomic E-state index is 11.6. The number of rotatable bonds is 3. The molecule has 0 fully saturated rings. The van der Waals surface area contributed by atoms with Crippen molar-refractivity contribution in [2.24, 2.45) is 10.2 Å². The van der Waals surface area contributed by atoms with Gasteiger partial charge in [0.25, 0.3) is 5.91 Å². The highest BCUT2D eigenvalue weighted by molar-refractivity contribution is 5.79. The molecule has 0 heterocycles. The molecule has 0 saturated heterocycles. The second-order valence-corrected chi connectivity index (χ2v) is 4.23. The van der Waals surface area contributed by atoms with Crippen molar-refractivity contribution in [3.8, 4) is 5.75 Å². The van der Waals surface area contributed by atoms with Crippen LogP contribution in [0.4, 0.5) is 5.69 Å². The number of hydrogen-bond acceptors (Lipinski definition) is 3. The summed E-state index contributed by atoms with van der Waals surface area (Å²) in [6.45, 7) is 1.76. The highest BCUT2D eigenvalue weighted by Gasteiger charge is 2.02. The molecule has 0 atom stereocenters. The summed E-state index contributed by atoms with van der Waals surface area (Å²) in [7, 11) is 0. The molecule has 2 aromatic rings. The molecule has 4 heteroatoms. The summed E-state index contributed by atoms with van der Waals surface area (Å²) in [5, 5.41) is 16.9. The van der Waals surface area contributed by atoms with Gasteiger partial charge >= 0.3 is 0 Å². The molecular formula is C15H14N2O2. The van der Waals surface area contributed by atoms with E-state index < -0.39 is 0 Å². The molecule has 2 rings (SSSR count). The highest BCUT2D eigenvalue weighted by atomic mass is 16.3. The van der Waals surface area contributed by atoms with Crippen LogP contribution in [0, 0.1) is 6.92 Å². The van der Waals surface area contributed by atoms with Crippen molar-refractivity contribution in [1.29, 1.82) is 0 Å². The number of carbonyl (C=O) groups excluding carboxylic acids is 1. The maximum absolute atomic E-state index is 11.6. The molecule has 2 aromatic carbocycles. The number of azo groups is 1. The molecule has 0 aromatic heterocycles. The van der Waals surface area contributed by atoms with Crippen LogP contribution in [0.25, 0.3) is 0 Å². The van der Waals surface area contributed by atoms with Gasteiger partial charge in [0.2, 0.25) is 0 Å². The molecule has 4 nitrogen and oxygen atoms in total. The molecule has 0 spiro atoms. The van der Waals surface area contributed by atoms with Gasteiger partial charge in [0.1, 0.15) is 5.75 Å². The van der Waals surface area contributed by atoms with E-state index in [9.17, 15) is 9.90 Å². The SMILES string of the molecule is Cc1cc(N=NC(=O)Cc2ccccc2)ccc1O. The van der Waals surface area contributed by atoms with Crippen LogP contribution in [0.2, 0.25) is 0 Å². The summed E-state index contributed by atoms with van der Waals surface area (Å²) in [5.74, 6) is -0.0912. The number of carbonyl (C=O) groups is 1. The van der Waals surface area contributed by atoms with Crippen molar-refractivity contribution >= 4 is 11.6 Å². The zero-order chi connectivity index (χ0) is 13.7. The summed E-state index contributed by atoms with van der Waals surface area (Å²) in [6.07, 6.45) is 0.238. The Morgan fingerprint density at radius 2 is 1.89 bits per heavy atom. The van der Waals surface area contributed by atoms with E-state index in [1.165, 1.54) is 6.07 Å². The lowest BCUT2D eigenvalue weighted by atomic mass is 10.1. The van der Waals surface area contributed by atoms with Gasteiger partial charge in [0.05, 0.1) is 12.1 Å². The fraction of sp³-hybridized carbons (Fsp3) is 0.133. The monoisotopic (exact) mass is 254 g/mol. The van der Waals surface area contributed by atoms with Gasteiger partial charge in [-0.05, 0) is 36.2 Å². The van der Waals surface area contributed by atoms with Crippen LogP contribution in [-0.4, -0.2) is 11.0 Å². The fourth-order valence-electron chi connectivity index (χ4n) is 1.62. The Morgan fingerprint density at radius 3 is 2.58 bits per heavy atom. The Labute approximate surface area is 111 Å². The number of aryl methyl sites for hydroxylation is 1. The number of benzene rings is 2. The third kappa shape index (κ3) is 3.74. The molecule has 96 valence electrons. The lowest BCUT2D eigenvalue weighted by Crippen LogP contribution is -1.97. The van der Waals surface area contributed by atoms with E-state index in [1.54, 1.807) is 19.1 Å². The Hall–Kier alpha value is -2.49. The summed E-state index contributed by atoms with van der Waals surface area (Å²) < 4.78 is 0. The number of hydrogen-bond donors (Lipinski definition) is 1. The van der Waals surface area contributed by atoms with E-state index in [0.717, 1.165) is 5.56 Å². The van der Waals surface area contributed by atoms with Crippen LogP contribution in [0.5, 0.6) is 5.75 Å². The van der Waals surface area contributed by atoms with E-state index in [0.29, 0.717) is 11.3 Å². The number of nitrogens with zero attached hydrogens (tertiary/aromatic N) is 2. The topological polar surface area (TPSA) is 62.0 Å². The standard InChI is InChI=1S/C15H14N2O2/c1-11-9-13(7-8-14(11)18)16-17-15(19)10-12-5-3-2-4-6-12/h2-9,18H,10H2,1H3. The zero-order valence-electron chi connectivity index (χ0n) is 10.6. The largest absolute Gasteiger partial charge is 0.508 e. The van der Waals surface area contributed by atoms with Crippen molar-refractivity contribution in [2.75, 3.05) is 0 Å². The molecule has 0 radical (unpaired) electrons. The van der Waals surface area contributed by atoms with Gasteiger partial charge in [-0.1, -0.05) is 30.3 Å². The summed E-state index contributed by atoms with van der Waals surface area (Å²) in [5.41, 5.74) is 2.16. The Morgan fingerprint density at radius 1 is 1.16 bits per heavy atom. The zero-order valence-corrected chi connectivity index (χ0v) is 10.6. The molecule has 0 aliphatic heterocycles. The van der Waals surface area contributed by atoms with Crippen LogP contribution in [-0.2, 0) is 11.2 Å². The van der Waals surface area contributed by atoms with Crippen molar-refractivity contribution in [1.82, 2.24) is 0 Å². The average molecular weight is 254 g/mol. The molecular weight excluding hydrogens is 240 g/mol. The summed E-state index contributed by atoms with van der Waals surface area (Å²) in [4.78, 5) is 11.6. The van der Waals surface area contributed by atoms with Crippen molar-refractivity contribution in [3.63, 3.8) is 0 Å². The summed E-state index contributed by atoms with van der Waals surface area (Å²) in [6, 6.07) is 14.2.